The molecule has 3 rings (SSSR count). The molecule has 1 nitrogen and oxygen atoms in total. The molecule has 0 fully saturated rings. The van der Waals surface area contributed by atoms with Crippen molar-refractivity contribution in [2.24, 2.45) is 0 Å². The smallest absolute Gasteiger partial charge is 0.0709 e. The van der Waals surface area contributed by atoms with Crippen molar-refractivity contribution in [1.29, 1.82) is 0 Å². The first-order valence-electron chi connectivity index (χ1n) is 5.44. The standard InChI is InChI=1S/C15H10BrN.CH4/c16-12-8-9-15(17-10-12)14-7-3-5-11-4-1-2-6-13(11)14;/h1-10H;1H4. The minimum absolute atomic E-state index is 0. The van der Waals surface area contributed by atoms with Gasteiger partial charge in [-0.1, -0.05) is 49.9 Å². The average molecular weight is 300 g/mol. The van der Waals surface area contributed by atoms with Gasteiger partial charge in [-0.3, -0.25) is 4.98 Å². The van der Waals surface area contributed by atoms with E-state index in [2.05, 4.69) is 63.4 Å². The van der Waals surface area contributed by atoms with Crippen LogP contribution in [-0.2, 0) is 0 Å². The van der Waals surface area contributed by atoms with E-state index in [1.165, 1.54) is 16.3 Å². The van der Waals surface area contributed by atoms with Crippen molar-refractivity contribution in [2.45, 2.75) is 7.43 Å². The fourth-order valence-corrected chi connectivity index (χ4v) is 2.22. The molecule has 0 amide bonds. The largest absolute Gasteiger partial charge is 0.255 e. The van der Waals surface area contributed by atoms with E-state index in [1.807, 2.05) is 18.3 Å². The summed E-state index contributed by atoms with van der Waals surface area (Å²) in [5.74, 6) is 0. The number of pyridine rings is 1. The predicted molar refractivity (Wildman–Crippen MR) is 81.6 cm³/mol. The van der Waals surface area contributed by atoms with Crippen LogP contribution in [0.25, 0.3) is 22.0 Å². The number of hydrogen-bond acceptors (Lipinski definition) is 1. The highest BCUT2D eigenvalue weighted by atomic mass is 79.9. The van der Waals surface area contributed by atoms with Gasteiger partial charge in [-0.2, -0.15) is 0 Å². The van der Waals surface area contributed by atoms with E-state index in [9.17, 15) is 0 Å². The van der Waals surface area contributed by atoms with Gasteiger partial charge in [0, 0.05) is 16.2 Å². The molecule has 0 aliphatic carbocycles. The molecule has 18 heavy (non-hydrogen) atoms. The number of hydrogen-bond donors (Lipinski definition) is 0. The molecule has 2 heteroatoms. The second-order valence-electron chi connectivity index (χ2n) is 3.89. The zero-order valence-electron chi connectivity index (χ0n) is 9.10. The molecule has 0 radical (unpaired) electrons. The van der Waals surface area contributed by atoms with Crippen LogP contribution in [-0.4, -0.2) is 4.98 Å². The highest BCUT2D eigenvalue weighted by Gasteiger charge is 2.03. The van der Waals surface area contributed by atoms with Crippen LogP contribution in [0.2, 0.25) is 0 Å². The molecule has 0 unspecified atom stereocenters. The summed E-state index contributed by atoms with van der Waals surface area (Å²) in [6.07, 6.45) is 1.83. The first-order chi connectivity index (χ1) is 8.34. The summed E-state index contributed by atoms with van der Waals surface area (Å²) in [5, 5.41) is 2.49. The minimum atomic E-state index is 0. The Balaban J connectivity index is 0.00000120. The molecule has 1 aromatic heterocycles. The number of benzene rings is 2. The molecule has 1 heterocycles. The maximum absolute atomic E-state index is 4.45. The molecule has 0 saturated heterocycles. The second-order valence-corrected chi connectivity index (χ2v) is 4.80. The van der Waals surface area contributed by atoms with Crippen molar-refractivity contribution < 1.29 is 0 Å². The highest BCUT2D eigenvalue weighted by Crippen LogP contribution is 2.27. The summed E-state index contributed by atoms with van der Waals surface area (Å²) in [4.78, 5) is 4.45. The van der Waals surface area contributed by atoms with Crippen LogP contribution >= 0.6 is 15.9 Å². The van der Waals surface area contributed by atoms with Crippen molar-refractivity contribution in [3.63, 3.8) is 0 Å². The Kier molecular flexibility index (Phi) is 3.78. The monoisotopic (exact) mass is 299 g/mol. The first-order valence-corrected chi connectivity index (χ1v) is 6.23. The van der Waals surface area contributed by atoms with Crippen LogP contribution < -0.4 is 0 Å². The zero-order valence-corrected chi connectivity index (χ0v) is 10.7. The van der Waals surface area contributed by atoms with Gasteiger partial charge in [-0.05, 0) is 38.8 Å². The van der Waals surface area contributed by atoms with E-state index in [4.69, 9.17) is 0 Å². The zero-order chi connectivity index (χ0) is 11.7. The molecule has 0 aliphatic heterocycles. The number of nitrogens with zero attached hydrogens (tertiary/aromatic N) is 1. The SMILES string of the molecule is Brc1ccc(-c2cccc3ccccc23)nc1.C. The van der Waals surface area contributed by atoms with Crippen LogP contribution in [0.5, 0.6) is 0 Å². The van der Waals surface area contributed by atoms with E-state index in [1.54, 1.807) is 0 Å². The van der Waals surface area contributed by atoms with Gasteiger partial charge in [0.2, 0.25) is 0 Å². The maximum atomic E-state index is 4.45. The molecule has 90 valence electrons. The molecule has 0 spiro atoms. The minimum Gasteiger partial charge on any atom is -0.255 e. The summed E-state index contributed by atoms with van der Waals surface area (Å²) in [7, 11) is 0. The molecular weight excluding hydrogens is 286 g/mol. The Morgan fingerprint density at radius 3 is 2.39 bits per heavy atom. The summed E-state index contributed by atoms with van der Waals surface area (Å²) >= 11 is 3.41. The van der Waals surface area contributed by atoms with Crippen molar-refractivity contribution in [2.75, 3.05) is 0 Å². The van der Waals surface area contributed by atoms with E-state index in [0.29, 0.717) is 0 Å². The summed E-state index contributed by atoms with van der Waals surface area (Å²) in [5.41, 5.74) is 2.18. The van der Waals surface area contributed by atoms with Gasteiger partial charge in [-0.25, -0.2) is 0 Å². The van der Waals surface area contributed by atoms with Crippen LogP contribution in [0.15, 0.2) is 65.3 Å². The van der Waals surface area contributed by atoms with Crippen LogP contribution in [0, 0.1) is 0 Å². The normalized spacial score (nSPS) is 10.1. The van der Waals surface area contributed by atoms with E-state index < -0.39 is 0 Å². The van der Waals surface area contributed by atoms with E-state index in [-0.39, 0.29) is 7.43 Å². The third-order valence-electron chi connectivity index (χ3n) is 2.79. The third kappa shape index (κ3) is 2.29. The summed E-state index contributed by atoms with van der Waals surface area (Å²) < 4.78 is 1.00. The summed E-state index contributed by atoms with van der Waals surface area (Å²) in [6.45, 7) is 0. The molecule has 0 saturated carbocycles. The molecule has 2 aromatic carbocycles. The van der Waals surface area contributed by atoms with Gasteiger partial charge in [0.1, 0.15) is 0 Å². The van der Waals surface area contributed by atoms with Crippen LogP contribution in [0.1, 0.15) is 7.43 Å². The predicted octanol–water partition coefficient (Wildman–Crippen LogP) is 5.30. The van der Waals surface area contributed by atoms with Gasteiger partial charge >= 0.3 is 0 Å². The Hall–Kier alpha value is -1.67. The lowest BCUT2D eigenvalue weighted by Gasteiger charge is -2.05. The second kappa shape index (κ2) is 5.32. The molecule has 0 atom stereocenters. The molecule has 0 N–H and O–H groups in total. The quantitative estimate of drug-likeness (QED) is 0.594. The average Bonchev–Trinajstić information content (AvgIpc) is 2.39. The number of aromatic nitrogens is 1. The van der Waals surface area contributed by atoms with Crippen LogP contribution in [0.4, 0.5) is 0 Å². The topological polar surface area (TPSA) is 12.9 Å². The van der Waals surface area contributed by atoms with Gasteiger partial charge in [0.15, 0.2) is 0 Å². The maximum Gasteiger partial charge on any atom is 0.0709 e. The molecular formula is C16H14BrN. The number of fused-ring (bicyclic) bond motifs is 1. The lowest BCUT2D eigenvalue weighted by Crippen LogP contribution is -1.84. The Morgan fingerprint density at radius 2 is 1.61 bits per heavy atom. The third-order valence-corrected chi connectivity index (χ3v) is 3.26. The van der Waals surface area contributed by atoms with Gasteiger partial charge in [0.05, 0.1) is 5.69 Å². The first kappa shape index (κ1) is 12.8. The highest BCUT2D eigenvalue weighted by molar-refractivity contribution is 9.10. The molecule has 0 aliphatic rings. The Labute approximate surface area is 116 Å². The number of halogens is 1. The Bertz CT molecular complexity index is 654. The fraction of sp³-hybridized carbons (Fsp3) is 0.0625. The van der Waals surface area contributed by atoms with Crippen molar-refractivity contribution in [3.05, 3.63) is 65.3 Å². The molecule has 3 aromatic rings. The fourth-order valence-electron chi connectivity index (χ4n) is 1.98. The van der Waals surface area contributed by atoms with Crippen molar-refractivity contribution in [3.8, 4) is 11.3 Å². The van der Waals surface area contributed by atoms with Crippen molar-refractivity contribution >= 4 is 26.7 Å². The van der Waals surface area contributed by atoms with Gasteiger partial charge < -0.3 is 0 Å². The molecule has 0 bridgehead atoms. The lowest BCUT2D eigenvalue weighted by molar-refractivity contribution is 1.31. The number of rotatable bonds is 1. The van der Waals surface area contributed by atoms with Gasteiger partial charge in [-0.15, -0.1) is 0 Å². The van der Waals surface area contributed by atoms with Crippen molar-refractivity contribution in [1.82, 2.24) is 4.98 Å². The van der Waals surface area contributed by atoms with E-state index >= 15 is 0 Å². The Morgan fingerprint density at radius 1 is 0.833 bits per heavy atom. The van der Waals surface area contributed by atoms with Crippen LogP contribution in [0.3, 0.4) is 0 Å². The van der Waals surface area contributed by atoms with Gasteiger partial charge in [0.25, 0.3) is 0 Å². The van der Waals surface area contributed by atoms with E-state index in [0.717, 1.165) is 10.2 Å². The summed E-state index contributed by atoms with van der Waals surface area (Å²) in [6, 6.07) is 18.7. The lowest BCUT2D eigenvalue weighted by atomic mass is 10.0.